The third kappa shape index (κ3) is 1.10. The van der Waals surface area contributed by atoms with E-state index >= 15 is 0 Å². The van der Waals surface area contributed by atoms with E-state index in [0.29, 0.717) is 11.2 Å². The van der Waals surface area contributed by atoms with Gasteiger partial charge in [-0.15, -0.1) is 0 Å². The number of hydrogen-bond acceptors (Lipinski definition) is 2. The standard InChI is InChI=1S/C8H11BrO2/c9-6-2-1-4-8(6)5-3-7(10)11-8/h6H,1-5H2. The van der Waals surface area contributed by atoms with Gasteiger partial charge in [-0.05, 0) is 25.7 Å². The summed E-state index contributed by atoms with van der Waals surface area (Å²) in [6, 6.07) is 0. The first-order valence-corrected chi connectivity index (χ1v) is 5.00. The average Bonchev–Trinajstić information content (AvgIpc) is 2.46. The van der Waals surface area contributed by atoms with Gasteiger partial charge in [-0.25, -0.2) is 0 Å². The predicted molar refractivity (Wildman–Crippen MR) is 44.6 cm³/mol. The van der Waals surface area contributed by atoms with Crippen LogP contribution in [-0.4, -0.2) is 16.4 Å². The fraction of sp³-hybridized carbons (Fsp3) is 0.875. The molecule has 0 aromatic rings. The molecule has 1 aliphatic heterocycles. The number of ether oxygens (including phenoxy) is 1. The van der Waals surface area contributed by atoms with E-state index in [1.807, 2.05) is 0 Å². The topological polar surface area (TPSA) is 26.3 Å². The summed E-state index contributed by atoms with van der Waals surface area (Å²) in [5.74, 6) is -0.0173. The minimum Gasteiger partial charge on any atom is -0.458 e. The first kappa shape index (κ1) is 7.59. The third-order valence-electron chi connectivity index (χ3n) is 2.70. The third-order valence-corrected chi connectivity index (χ3v) is 3.99. The minimum absolute atomic E-state index is 0.0173. The molecule has 0 aromatic carbocycles. The Kier molecular flexibility index (Phi) is 1.71. The molecule has 0 bridgehead atoms. The Morgan fingerprint density at radius 3 is 2.82 bits per heavy atom. The van der Waals surface area contributed by atoms with E-state index in [4.69, 9.17) is 4.74 Å². The lowest BCUT2D eigenvalue weighted by Gasteiger charge is -2.25. The fourth-order valence-electron chi connectivity index (χ4n) is 2.04. The number of carbonyl (C=O) groups excluding carboxylic acids is 1. The van der Waals surface area contributed by atoms with Gasteiger partial charge in [-0.3, -0.25) is 4.79 Å². The molecule has 2 unspecified atom stereocenters. The number of hydrogen-bond donors (Lipinski definition) is 0. The maximum Gasteiger partial charge on any atom is 0.306 e. The molecule has 1 spiro atoms. The molecule has 2 fully saturated rings. The summed E-state index contributed by atoms with van der Waals surface area (Å²) in [7, 11) is 0. The highest BCUT2D eigenvalue weighted by Crippen LogP contribution is 2.45. The summed E-state index contributed by atoms with van der Waals surface area (Å²) in [6.45, 7) is 0. The number of rotatable bonds is 0. The van der Waals surface area contributed by atoms with Crippen molar-refractivity contribution >= 4 is 21.9 Å². The van der Waals surface area contributed by atoms with Crippen LogP contribution in [0.15, 0.2) is 0 Å². The van der Waals surface area contributed by atoms with Gasteiger partial charge in [-0.2, -0.15) is 0 Å². The second kappa shape index (κ2) is 2.47. The van der Waals surface area contributed by atoms with Gasteiger partial charge in [0, 0.05) is 6.42 Å². The van der Waals surface area contributed by atoms with Crippen molar-refractivity contribution in [1.82, 2.24) is 0 Å². The lowest BCUT2D eigenvalue weighted by Crippen LogP contribution is -2.33. The highest BCUT2D eigenvalue weighted by molar-refractivity contribution is 9.09. The molecule has 3 heteroatoms. The maximum atomic E-state index is 10.9. The van der Waals surface area contributed by atoms with E-state index in [2.05, 4.69) is 15.9 Å². The summed E-state index contributed by atoms with van der Waals surface area (Å²) in [6.07, 6.45) is 4.91. The quantitative estimate of drug-likeness (QED) is 0.460. The number of halogens is 1. The van der Waals surface area contributed by atoms with Crippen molar-refractivity contribution < 1.29 is 9.53 Å². The molecule has 0 N–H and O–H groups in total. The molecule has 62 valence electrons. The molecule has 0 amide bonds. The van der Waals surface area contributed by atoms with Gasteiger partial charge in [0.2, 0.25) is 0 Å². The Bertz CT molecular complexity index is 193. The van der Waals surface area contributed by atoms with Gasteiger partial charge in [0.05, 0.1) is 4.83 Å². The number of alkyl halides is 1. The van der Waals surface area contributed by atoms with E-state index in [-0.39, 0.29) is 11.6 Å². The Morgan fingerprint density at radius 2 is 2.36 bits per heavy atom. The minimum atomic E-state index is -0.114. The van der Waals surface area contributed by atoms with Crippen LogP contribution in [0.25, 0.3) is 0 Å². The van der Waals surface area contributed by atoms with Crippen LogP contribution >= 0.6 is 15.9 Å². The van der Waals surface area contributed by atoms with Crippen molar-refractivity contribution in [3.05, 3.63) is 0 Å². The summed E-state index contributed by atoms with van der Waals surface area (Å²) < 4.78 is 5.34. The van der Waals surface area contributed by atoms with Crippen LogP contribution in [0.3, 0.4) is 0 Å². The first-order valence-electron chi connectivity index (χ1n) is 4.09. The van der Waals surface area contributed by atoms with E-state index in [1.54, 1.807) is 0 Å². The van der Waals surface area contributed by atoms with E-state index < -0.39 is 0 Å². The molecule has 1 saturated heterocycles. The first-order chi connectivity index (χ1) is 5.23. The van der Waals surface area contributed by atoms with E-state index in [9.17, 15) is 4.79 Å². The Morgan fingerprint density at radius 1 is 1.55 bits per heavy atom. The highest BCUT2D eigenvalue weighted by atomic mass is 79.9. The number of carbonyl (C=O) groups is 1. The molecule has 2 nitrogen and oxygen atoms in total. The van der Waals surface area contributed by atoms with Gasteiger partial charge in [0.1, 0.15) is 5.60 Å². The highest BCUT2D eigenvalue weighted by Gasteiger charge is 2.48. The van der Waals surface area contributed by atoms with Crippen LogP contribution in [0.2, 0.25) is 0 Å². The zero-order chi connectivity index (χ0) is 7.90. The normalized spacial score (nSPS) is 43.4. The smallest absolute Gasteiger partial charge is 0.306 e. The molecule has 1 aliphatic carbocycles. The zero-order valence-corrected chi connectivity index (χ0v) is 7.89. The maximum absolute atomic E-state index is 10.9. The van der Waals surface area contributed by atoms with Crippen LogP contribution in [0.5, 0.6) is 0 Å². The monoisotopic (exact) mass is 218 g/mol. The lowest BCUT2D eigenvalue weighted by molar-refractivity contribution is -0.147. The molecule has 2 atom stereocenters. The number of esters is 1. The molecule has 11 heavy (non-hydrogen) atoms. The summed E-state index contributed by atoms with van der Waals surface area (Å²) >= 11 is 3.57. The van der Waals surface area contributed by atoms with Gasteiger partial charge >= 0.3 is 5.97 Å². The molecule has 2 aliphatic rings. The van der Waals surface area contributed by atoms with Gasteiger partial charge in [-0.1, -0.05) is 15.9 Å². The van der Waals surface area contributed by atoms with Crippen molar-refractivity contribution in [2.24, 2.45) is 0 Å². The molecule has 0 aromatic heterocycles. The van der Waals surface area contributed by atoms with E-state index in [0.717, 1.165) is 19.3 Å². The van der Waals surface area contributed by atoms with Crippen LogP contribution in [-0.2, 0) is 9.53 Å². The van der Waals surface area contributed by atoms with Gasteiger partial charge < -0.3 is 4.74 Å². The summed E-state index contributed by atoms with van der Waals surface area (Å²) in [4.78, 5) is 11.3. The summed E-state index contributed by atoms with van der Waals surface area (Å²) in [5, 5.41) is 0. The van der Waals surface area contributed by atoms with E-state index in [1.165, 1.54) is 6.42 Å². The molecule has 0 radical (unpaired) electrons. The van der Waals surface area contributed by atoms with Crippen molar-refractivity contribution in [2.45, 2.75) is 42.5 Å². The largest absolute Gasteiger partial charge is 0.458 e. The van der Waals surface area contributed by atoms with Crippen LogP contribution in [0.4, 0.5) is 0 Å². The van der Waals surface area contributed by atoms with Crippen LogP contribution in [0, 0.1) is 0 Å². The average molecular weight is 219 g/mol. The Hall–Kier alpha value is -0.0500. The second-order valence-corrected chi connectivity index (χ2v) is 4.50. The van der Waals surface area contributed by atoms with Crippen LogP contribution < -0.4 is 0 Å². The Balaban J connectivity index is 2.16. The molecular formula is C8H11BrO2. The molecule has 2 rings (SSSR count). The van der Waals surface area contributed by atoms with Crippen LogP contribution in [0.1, 0.15) is 32.1 Å². The molecular weight excluding hydrogens is 208 g/mol. The molecule has 1 heterocycles. The summed E-state index contributed by atoms with van der Waals surface area (Å²) in [5.41, 5.74) is -0.114. The Labute approximate surface area is 74.4 Å². The van der Waals surface area contributed by atoms with Crippen molar-refractivity contribution in [3.63, 3.8) is 0 Å². The second-order valence-electron chi connectivity index (χ2n) is 3.40. The predicted octanol–water partition coefficient (Wildman–Crippen LogP) is 2.01. The van der Waals surface area contributed by atoms with Gasteiger partial charge in [0.15, 0.2) is 0 Å². The lowest BCUT2D eigenvalue weighted by atomic mass is 9.99. The van der Waals surface area contributed by atoms with Crippen molar-refractivity contribution in [2.75, 3.05) is 0 Å². The SMILES string of the molecule is O=C1CCC2(CCCC2Br)O1. The fourth-order valence-corrected chi connectivity index (χ4v) is 2.91. The molecule has 1 saturated carbocycles. The van der Waals surface area contributed by atoms with Crippen molar-refractivity contribution in [3.8, 4) is 0 Å². The van der Waals surface area contributed by atoms with Gasteiger partial charge in [0.25, 0.3) is 0 Å². The zero-order valence-electron chi connectivity index (χ0n) is 6.31. The van der Waals surface area contributed by atoms with Crippen molar-refractivity contribution in [1.29, 1.82) is 0 Å².